The third-order valence-electron chi connectivity index (χ3n) is 5.28. The van der Waals surface area contributed by atoms with Crippen LogP contribution in [0.25, 0.3) is 17.1 Å². The number of aryl methyl sites for hydroxylation is 1. The Morgan fingerprint density at radius 3 is 2.84 bits per heavy atom. The fourth-order valence-corrected chi connectivity index (χ4v) is 3.81. The number of rotatable bonds is 4. The lowest BCUT2D eigenvalue weighted by molar-refractivity contribution is 0.0709. The minimum Gasteiger partial charge on any atom is -0.493 e. The molecule has 1 aromatic carbocycles. The molecule has 31 heavy (non-hydrogen) atoms. The third kappa shape index (κ3) is 3.41. The zero-order chi connectivity index (χ0) is 21.4. The number of hydrogen-bond donors (Lipinski definition) is 1. The fourth-order valence-electron chi connectivity index (χ4n) is 3.81. The molecule has 0 aliphatic carbocycles. The highest BCUT2D eigenvalue weighted by Crippen LogP contribution is 2.35. The van der Waals surface area contributed by atoms with Crippen LogP contribution in [0.15, 0.2) is 53.4 Å². The van der Waals surface area contributed by atoms with Gasteiger partial charge >= 0.3 is 0 Å². The molecule has 4 aromatic rings. The van der Waals surface area contributed by atoms with Crippen LogP contribution in [0.4, 0.5) is 0 Å². The molecule has 0 saturated carbocycles. The topological polar surface area (TPSA) is 123 Å². The molecule has 5 rings (SSSR count). The summed E-state index contributed by atoms with van der Waals surface area (Å²) < 4.78 is 5.48. The molecule has 10 nitrogen and oxygen atoms in total. The predicted molar refractivity (Wildman–Crippen MR) is 108 cm³/mol. The molecule has 1 aliphatic heterocycles. The van der Waals surface area contributed by atoms with Crippen LogP contribution in [0.5, 0.6) is 5.88 Å². The van der Waals surface area contributed by atoms with Crippen LogP contribution >= 0.6 is 0 Å². The van der Waals surface area contributed by atoms with Crippen molar-refractivity contribution in [2.45, 2.75) is 25.8 Å². The van der Waals surface area contributed by atoms with Gasteiger partial charge in [-0.2, -0.15) is 20.0 Å². The molecule has 1 aliphatic rings. The quantitative estimate of drug-likeness (QED) is 0.538. The van der Waals surface area contributed by atoms with Gasteiger partial charge in [0.25, 0.3) is 5.91 Å². The van der Waals surface area contributed by atoms with Crippen molar-refractivity contribution in [2.75, 3.05) is 6.54 Å². The van der Waals surface area contributed by atoms with E-state index in [1.54, 1.807) is 29.4 Å². The van der Waals surface area contributed by atoms with Gasteiger partial charge in [-0.15, -0.1) is 0 Å². The van der Waals surface area contributed by atoms with Crippen LogP contribution in [-0.4, -0.2) is 52.6 Å². The Labute approximate surface area is 177 Å². The van der Waals surface area contributed by atoms with E-state index in [2.05, 4.69) is 25.3 Å². The van der Waals surface area contributed by atoms with E-state index in [9.17, 15) is 9.90 Å². The van der Waals surface area contributed by atoms with Crippen LogP contribution in [0.2, 0.25) is 0 Å². The zero-order valence-corrected chi connectivity index (χ0v) is 16.7. The van der Waals surface area contributed by atoms with Gasteiger partial charge in [0.15, 0.2) is 0 Å². The van der Waals surface area contributed by atoms with Crippen LogP contribution in [-0.2, 0) is 0 Å². The van der Waals surface area contributed by atoms with E-state index in [1.807, 2.05) is 25.1 Å². The van der Waals surface area contributed by atoms with Gasteiger partial charge in [0.1, 0.15) is 6.04 Å². The molecule has 10 heteroatoms. The van der Waals surface area contributed by atoms with E-state index in [-0.39, 0.29) is 23.7 Å². The number of aromatic nitrogens is 6. The van der Waals surface area contributed by atoms with E-state index in [1.165, 1.54) is 11.0 Å². The summed E-state index contributed by atoms with van der Waals surface area (Å²) >= 11 is 0. The lowest BCUT2D eigenvalue weighted by Crippen LogP contribution is -2.31. The number of aromatic hydroxyl groups is 1. The standard InChI is InChI=1S/C21H19N7O3/c1-13-6-7-16(28-23-9-10-24-28)15(12-13)21(30)27-11-3-5-17(27)20-25-18(26-31-20)14-4-2-8-22-19(14)29/h2,4,6-10,12,17H,3,5,11H2,1H3,(H,22,29)/t17-/m0/s1. The van der Waals surface area contributed by atoms with Crippen LogP contribution in [0, 0.1) is 6.92 Å². The number of carbonyl (C=O) groups excluding carboxylic acids is 1. The molecular formula is C21H19N7O3. The molecule has 1 N–H and O–H groups in total. The zero-order valence-electron chi connectivity index (χ0n) is 16.7. The van der Waals surface area contributed by atoms with Gasteiger partial charge in [0.2, 0.25) is 17.6 Å². The molecule has 1 fully saturated rings. The average molecular weight is 417 g/mol. The summed E-state index contributed by atoms with van der Waals surface area (Å²) in [6.45, 7) is 2.50. The number of hydrogen-bond acceptors (Lipinski definition) is 8. The average Bonchev–Trinajstić information content (AvgIpc) is 3.54. The predicted octanol–water partition coefficient (Wildman–Crippen LogP) is 2.70. The first-order valence-electron chi connectivity index (χ1n) is 9.88. The summed E-state index contributed by atoms with van der Waals surface area (Å²) in [5, 5.41) is 22.3. The summed E-state index contributed by atoms with van der Waals surface area (Å²) in [5.74, 6) is 0.236. The lowest BCUT2D eigenvalue weighted by atomic mass is 10.1. The Morgan fingerprint density at radius 2 is 2.03 bits per heavy atom. The maximum Gasteiger partial charge on any atom is 0.256 e. The molecule has 1 amide bonds. The number of amides is 1. The molecule has 1 atom stereocenters. The van der Waals surface area contributed by atoms with E-state index in [4.69, 9.17) is 4.52 Å². The van der Waals surface area contributed by atoms with E-state index >= 15 is 0 Å². The number of nitrogens with zero attached hydrogens (tertiary/aromatic N) is 7. The van der Waals surface area contributed by atoms with Crippen molar-refractivity contribution in [3.05, 3.63) is 65.9 Å². The second-order valence-electron chi connectivity index (χ2n) is 7.33. The van der Waals surface area contributed by atoms with Crippen LogP contribution in [0.1, 0.15) is 40.7 Å². The van der Waals surface area contributed by atoms with Crippen molar-refractivity contribution < 1.29 is 14.4 Å². The van der Waals surface area contributed by atoms with Crippen molar-refractivity contribution in [3.63, 3.8) is 0 Å². The Hall–Kier alpha value is -4.08. The van der Waals surface area contributed by atoms with Crippen molar-refractivity contribution in [1.82, 2.24) is 35.0 Å². The number of benzene rings is 1. The largest absolute Gasteiger partial charge is 0.493 e. The molecule has 0 unspecified atom stereocenters. The number of pyridine rings is 1. The summed E-state index contributed by atoms with van der Waals surface area (Å²) in [5.41, 5.74) is 2.45. The summed E-state index contributed by atoms with van der Waals surface area (Å²) in [4.78, 5) is 25.0. The molecule has 1 saturated heterocycles. The lowest BCUT2D eigenvalue weighted by Gasteiger charge is -2.23. The number of carbonyl (C=O) groups is 1. The van der Waals surface area contributed by atoms with Crippen molar-refractivity contribution in [1.29, 1.82) is 0 Å². The van der Waals surface area contributed by atoms with Crippen LogP contribution in [0.3, 0.4) is 0 Å². The Balaban J connectivity index is 1.48. The second-order valence-corrected chi connectivity index (χ2v) is 7.33. The molecule has 156 valence electrons. The van der Waals surface area contributed by atoms with Gasteiger partial charge < -0.3 is 14.5 Å². The normalized spacial score (nSPS) is 16.0. The SMILES string of the molecule is Cc1ccc(-n2nccn2)c(C(=O)N2CCC[C@H]2c2nc(-c3cccnc3O)no2)c1. The molecule has 0 spiro atoms. The fraction of sp³-hybridized carbons (Fsp3) is 0.238. The first kappa shape index (κ1) is 18.9. The maximum absolute atomic E-state index is 13.5. The van der Waals surface area contributed by atoms with Crippen molar-refractivity contribution in [3.8, 4) is 23.0 Å². The minimum atomic E-state index is -0.355. The Bertz CT molecular complexity index is 1240. The van der Waals surface area contributed by atoms with E-state index in [0.29, 0.717) is 35.7 Å². The van der Waals surface area contributed by atoms with Crippen molar-refractivity contribution in [2.24, 2.45) is 0 Å². The summed E-state index contributed by atoms with van der Waals surface area (Å²) in [6.07, 6.45) is 6.13. The Kier molecular flexibility index (Phi) is 4.66. The van der Waals surface area contributed by atoms with Gasteiger partial charge in [0, 0.05) is 12.7 Å². The van der Waals surface area contributed by atoms with Gasteiger partial charge in [-0.3, -0.25) is 4.79 Å². The molecule has 3 aromatic heterocycles. The highest BCUT2D eigenvalue weighted by atomic mass is 16.5. The maximum atomic E-state index is 13.5. The van der Waals surface area contributed by atoms with E-state index in [0.717, 1.165) is 12.0 Å². The number of likely N-dealkylation sites (tertiary alicyclic amines) is 1. The molecule has 0 radical (unpaired) electrons. The smallest absolute Gasteiger partial charge is 0.256 e. The van der Waals surface area contributed by atoms with Gasteiger partial charge in [-0.1, -0.05) is 16.8 Å². The first-order valence-corrected chi connectivity index (χ1v) is 9.88. The summed E-state index contributed by atoms with van der Waals surface area (Å²) in [7, 11) is 0. The van der Waals surface area contributed by atoms with Gasteiger partial charge in [-0.25, -0.2) is 4.98 Å². The van der Waals surface area contributed by atoms with Crippen molar-refractivity contribution >= 4 is 5.91 Å². The Morgan fingerprint density at radius 1 is 1.19 bits per heavy atom. The molecule has 0 bridgehead atoms. The monoisotopic (exact) mass is 417 g/mol. The highest BCUT2D eigenvalue weighted by molar-refractivity contribution is 5.98. The molecular weight excluding hydrogens is 398 g/mol. The third-order valence-corrected chi connectivity index (χ3v) is 5.28. The molecule has 4 heterocycles. The van der Waals surface area contributed by atoms with Gasteiger partial charge in [0.05, 0.1) is 29.2 Å². The second kappa shape index (κ2) is 7.63. The first-order chi connectivity index (χ1) is 15.1. The highest BCUT2D eigenvalue weighted by Gasteiger charge is 2.36. The summed E-state index contributed by atoms with van der Waals surface area (Å²) in [6, 6.07) is 8.57. The van der Waals surface area contributed by atoms with Gasteiger partial charge in [-0.05, 0) is 44.0 Å². The van der Waals surface area contributed by atoms with E-state index < -0.39 is 0 Å². The van der Waals surface area contributed by atoms with Crippen LogP contribution < -0.4 is 0 Å². The minimum absolute atomic E-state index is 0.150.